The van der Waals surface area contributed by atoms with Gasteiger partial charge in [-0.05, 0) is 18.9 Å². The normalized spacial score (nSPS) is 23.6. The summed E-state index contributed by atoms with van der Waals surface area (Å²) in [4.78, 5) is 11.1. The van der Waals surface area contributed by atoms with Crippen LogP contribution in [0.4, 0.5) is 0 Å². The highest BCUT2D eigenvalue weighted by molar-refractivity contribution is 5.76. The van der Waals surface area contributed by atoms with E-state index >= 15 is 0 Å². The van der Waals surface area contributed by atoms with Crippen LogP contribution in [0, 0.1) is 5.92 Å². The van der Waals surface area contributed by atoms with Crippen LogP contribution in [0.25, 0.3) is 0 Å². The third kappa shape index (κ3) is 4.88. The number of ketones is 1. The Balaban J connectivity index is 1.74. The highest BCUT2D eigenvalue weighted by Crippen LogP contribution is 2.39. The second-order valence-electron chi connectivity index (χ2n) is 6.42. The van der Waals surface area contributed by atoms with E-state index in [-0.39, 0.29) is 24.1 Å². The zero-order chi connectivity index (χ0) is 17.5. The molecule has 0 unspecified atom stereocenters. The summed E-state index contributed by atoms with van der Waals surface area (Å²) >= 11 is 0. The number of rotatable bonds is 6. The second-order valence-corrected chi connectivity index (χ2v) is 6.42. The number of hydrogen-bond acceptors (Lipinski definition) is 3. The molecule has 25 heavy (non-hydrogen) atoms. The Morgan fingerprint density at radius 1 is 1.00 bits per heavy atom. The lowest BCUT2D eigenvalue weighted by Crippen LogP contribution is -2.30. The minimum absolute atomic E-state index is 0.0258. The molecule has 0 spiro atoms. The summed E-state index contributed by atoms with van der Waals surface area (Å²) in [5, 5.41) is 0. The second kappa shape index (κ2) is 8.75. The highest BCUT2D eigenvalue weighted by Gasteiger charge is 2.33. The number of hydrogen-bond donors (Lipinski definition) is 0. The molecule has 1 aliphatic heterocycles. The molecular formula is C22H24O3. The van der Waals surface area contributed by atoms with Crippen LogP contribution < -0.4 is 0 Å². The fourth-order valence-corrected chi connectivity index (χ4v) is 3.07. The molecule has 3 rings (SSSR count). The Hall–Kier alpha value is -2.23. The molecule has 3 nitrogen and oxygen atoms in total. The van der Waals surface area contributed by atoms with Crippen molar-refractivity contribution in [3.05, 3.63) is 83.9 Å². The number of ether oxygens (including phenoxy) is 2. The van der Waals surface area contributed by atoms with Gasteiger partial charge in [0.2, 0.25) is 0 Å². The van der Waals surface area contributed by atoms with Gasteiger partial charge in [-0.15, -0.1) is 0 Å². The molecule has 3 heteroatoms. The summed E-state index contributed by atoms with van der Waals surface area (Å²) in [5.41, 5.74) is 2.20. The fourth-order valence-electron chi connectivity index (χ4n) is 3.07. The predicted molar refractivity (Wildman–Crippen MR) is 97.9 cm³/mol. The summed E-state index contributed by atoms with van der Waals surface area (Å²) in [5.74, 6) is 0.404. The minimum atomic E-state index is -0.344. The fraction of sp³-hybridized carbons (Fsp3) is 0.318. The van der Waals surface area contributed by atoms with E-state index in [9.17, 15) is 4.79 Å². The number of carbonyl (C=O) groups is 1. The predicted octanol–water partition coefficient (Wildman–Crippen LogP) is 5.01. The molecule has 1 heterocycles. The van der Waals surface area contributed by atoms with Gasteiger partial charge in [-0.2, -0.15) is 0 Å². The lowest BCUT2D eigenvalue weighted by molar-refractivity contribution is -0.243. The van der Waals surface area contributed by atoms with E-state index in [4.69, 9.17) is 9.47 Å². The summed E-state index contributed by atoms with van der Waals surface area (Å²) < 4.78 is 12.3. The quantitative estimate of drug-likeness (QED) is 0.695. The van der Waals surface area contributed by atoms with Gasteiger partial charge < -0.3 is 9.47 Å². The Bertz CT molecular complexity index is 694. The molecule has 0 amide bonds. The topological polar surface area (TPSA) is 35.5 Å². The highest BCUT2D eigenvalue weighted by atomic mass is 16.7. The van der Waals surface area contributed by atoms with E-state index in [1.165, 1.54) is 0 Å². The Morgan fingerprint density at radius 2 is 1.64 bits per heavy atom. The van der Waals surface area contributed by atoms with Gasteiger partial charge in [0.25, 0.3) is 0 Å². The summed E-state index contributed by atoms with van der Waals surface area (Å²) in [6.07, 6.45) is 4.95. The first kappa shape index (κ1) is 17.6. The van der Waals surface area contributed by atoms with Gasteiger partial charge in [0, 0.05) is 17.9 Å². The summed E-state index contributed by atoms with van der Waals surface area (Å²) in [6.45, 7) is 2.23. The zero-order valence-electron chi connectivity index (χ0n) is 14.5. The monoisotopic (exact) mass is 336 g/mol. The molecule has 0 bridgehead atoms. The van der Waals surface area contributed by atoms with Gasteiger partial charge in [0.15, 0.2) is 6.29 Å². The molecule has 1 saturated heterocycles. The van der Waals surface area contributed by atoms with E-state index in [1.54, 1.807) is 6.92 Å². The van der Waals surface area contributed by atoms with Crippen LogP contribution in [-0.4, -0.2) is 12.4 Å². The van der Waals surface area contributed by atoms with Crippen molar-refractivity contribution in [3.63, 3.8) is 0 Å². The number of benzene rings is 2. The third-order valence-electron chi connectivity index (χ3n) is 4.37. The Morgan fingerprint density at radius 3 is 2.28 bits per heavy atom. The molecule has 1 fully saturated rings. The average Bonchev–Trinajstić information content (AvgIpc) is 2.66. The van der Waals surface area contributed by atoms with Crippen molar-refractivity contribution in [3.8, 4) is 0 Å². The van der Waals surface area contributed by atoms with Crippen LogP contribution in [0.3, 0.4) is 0 Å². The summed E-state index contributed by atoms with van der Waals surface area (Å²) in [6, 6.07) is 20.3. The van der Waals surface area contributed by atoms with E-state index in [0.29, 0.717) is 13.0 Å². The maximum atomic E-state index is 11.1. The molecule has 2 aromatic carbocycles. The van der Waals surface area contributed by atoms with Gasteiger partial charge in [-0.25, -0.2) is 0 Å². The van der Waals surface area contributed by atoms with Gasteiger partial charge in [-0.1, -0.05) is 72.8 Å². The van der Waals surface area contributed by atoms with E-state index in [2.05, 4.69) is 18.2 Å². The van der Waals surface area contributed by atoms with E-state index in [0.717, 1.165) is 17.5 Å². The van der Waals surface area contributed by atoms with Gasteiger partial charge >= 0.3 is 0 Å². The first-order valence-electron chi connectivity index (χ1n) is 8.75. The number of Topliss-reactive ketones (excluding diaryl/α,β-unsaturated/α-hetero) is 1. The van der Waals surface area contributed by atoms with Crippen molar-refractivity contribution in [1.29, 1.82) is 0 Å². The smallest absolute Gasteiger partial charge is 0.184 e. The van der Waals surface area contributed by atoms with Gasteiger partial charge in [0.1, 0.15) is 5.78 Å². The van der Waals surface area contributed by atoms with Crippen LogP contribution in [0.15, 0.2) is 72.8 Å². The molecule has 0 radical (unpaired) electrons. The van der Waals surface area contributed by atoms with E-state index in [1.807, 2.05) is 54.6 Å². The maximum Gasteiger partial charge on any atom is 0.184 e. The van der Waals surface area contributed by atoms with Crippen LogP contribution in [0.2, 0.25) is 0 Å². The Kier molecular flexibility index (Phi) is 6.15. The van der Waals surface area contributed by atoms with Crippen LogP contribution in [0.1, 0.15) is 43.3 Å². The molecule has 0 aliphatic carbocycles. The van der Waals surface area contributed by atoms with Crippen LogP contribution >= 0.6 is 0 Å². The van der Waals surface area contributed by atoms with Crippen LogP contribution in [0.5, 0.6) is 0 Å². The van der Waals surface area contributed by atoms with Crippen molar-refractivity contribution in [2.24, 2.45) is 5.92 Å². The van der Waals surface area contributed by atoms with Gasteiger partial charge in [0.05, 0.1) is 12.7 Å². The third-order valence-corrected chi connectivity index (χ3v) is 4.37. The Labute approximate surface area is 149 Å². The molecule has 3 atom stereocenters. The molecule has 0 N–H and O–H groups in total. The molecular weight excluding hydrogens is 312 g/mol. The van der Waals surface area contributed by atoms with Gasteiger partial charge in [-0.3, -0.25) is 4.79 Å². The average molecular weight is 336 g/mol. The SMILES string of the molecule is CC(=O)C/C=C\C[C@H]1CO[C@@H](c2ccccc2)O[C@H]1c1ccccc1. The molecule has 1 aliphatic rings. The number of allylic oxidation sites excluding steroid dienone is 2. The first-order chi connectivity index (χ1) is 12.2. The lowest BCUT2D eigenvalue weighted by atomic mass is 9.92. The molecule has 130 valence electrons. The molecule has 0 saturated carbocycles. The summed E-state index contributed by atoms with van der Waals surface area (Å²) in [7, 11) is 0. The van der Waals surface area contributed by atoms with Crippen molar-refractivity contribution in [1.82, 2.24) is 0 Å². The number of carbonyl (C=O) groups excluding carboxylic acids is 1. The van der Waals surface area contributed by atoms with Crippen molar-refractivity contribution < 1.29 is 14.3 Å². The molecule has 2 aromatic rings. The lowest BCUT2D eigenvalue weighted by Gasteiger charge is -2.36. The van der Waals surface area contributed by atoms with Crippen molar-refractivity contribution in [2.75, 3.05) is 6.61 Å². The van der Waals surface area contributed by atoms with Crippen molar-refractivity contribution in [2.45, 2.75) is 32.2 Å². The first-order valence-corrected chi connectivity index (χ1v) is 8.75. The van der Waals surface area contributed by atoms with Crippen LogP contribution in [-0.2, 0) is 14.3 Å². The maximum absolute atomic E-state index is 11.1. The molecule has 0 aromatic heterocycles. The standard InChI is InChI=1S/C22H24O3/c1-17(23)10-8-9-15-20-16-24-22(19-13-6-3-7-14-19)25-21(20)18-11-4-2-5-12-18/h2-9,11-14,20-22H,10,15-16H2,1H3/b9-8-/t20-,21-,22+/m0/s1. The zero-order valence-corrected chi connectivity index (χ0v) is 14.5. The van der Waals surface area contributed by atoms with Crippen molar-refractivity contribution >= 4 is 5.78 Å². The van der Waals surface area contributed by atoms with E-state index < -0.39 is 0 Å². The minimum Gasteiger partial charge on any atom is -0.348 e. The largest absolute Gasteiger partial charge is 0.348 e.